The van der Waals surface area contributed by atoms with Crippen molar-refractivity contribution in [3.05, 3.63) is 35.4 Å². The van der Waals surface area contributed by atoms with Crippen LogP contribution >= 0.6 is 11.8 Å². The maximum atomic E-state index is 13.5. The molecular weight excluding hydrogens is 264 g/mol. The molecule has 0 amide bonds. The highest BCUT2D eigenvalue weighted by molar-refractivity contribution is 8.00. The fourth-order valence-electron chi connectivity index (χ4n) is 2.77. The zero-order chi connectivity index (χ0) is 13.7. The molecule has 1 fully saturated rings. The second kappa shape index (κ2) is 6.71. The molecule has 0 saturated heterocycles. The summed E-state index contributed by atoms with van der Waals surface area (Å²) in [5.41, 5.74) is 0.148. The van der Waals surface area contributed by atoms with Crippen LogP contribution in [-0.4, -0.2) is 17.5 Å². The molecule has 0 aromatic heterocycles. The Labute approximate surface area is 118 Å². The van der Waals surface area contributed by atoms with E-state index in [1.54, 1.807) is 0 Å². The Kier molecular flexibility index (Phi) is 5.22. The minimum atomic E-state index is -0.464. The molecular formula is C15H21F2NS. The lowest BCUT2D eigenvalue weighted by Crippen LogP contribution is -2.39. The zero-order valence-electron chi connectivity index (χ0n) is 11.3. The summed E-state index contributed by atoms with van der Waals surface area (Å²) in [7, 11) is 0. The average molecular weight is 285 g/mol. The van der Waals surface area contributed by atoms with Gasteiger partial charge in [0.05, 0.1) is 0 Å². The number of benzene rings is 1. The second-order valence-electron chi connectivity index (χ2n) is 5.25. The summed E-state index contributed by atoms with van der Waals surface area (Å²) in [5.74, 6) is -0.927. The lowest BCUT2D eigenvalue weighted by molar-refractivity contribution is 0.377. The molecule has 0 bridgehead atoms. The Morgan fingerprint density at radius 3 is 2.37 bits per heavy atom. The Morgan fingerprint density at radius 2 is 1.79 bits per heavy atom. The first-order valence-corrected chi connectivity index (χ1v) is 8.08. The van der Waals surface area contributed by atoms with E-state index >= 15 is 0 Å². The van der Waals surface area contributed by atoms with Gasteiger partial charge in [0.2, 0.25) is 0 Å². The molecule has 2 rings (SSSR count). The molecule has 1 N–H and O–H groups in total. The largest absolute Gasteiger partial charge is 0.311 e. The van der Waals surface area contributed by atoms with Crippen LogP contribution in [0.4, 0.5) is 8.78 Å². The zero-order valence-corrected chi connectivity index (χ0v) is 12.2. The second-order valence-corrected chi connectivity index (χ2v) is 6.53. The molecule has 0 heterocycles. The molecule has 0 radical (unpaired) electrons. The van der Waals surface area contributed by atoms with Crippen LogP contribution in [-0.2, 0) is 6.54 Å². The molecule has 1 aliphatic carbocycles. The Bertz CT molecular complexity index is 396. The first-order valence-electron chi connectivity index (χ1n) is 6.86. The van der Waals surface area contributed by atoms with Crippen LogP contribution in [0.2, 0.25) is 0 Å². The van der Waals surface area contributed by atoms with E-state index in [2.05, 4.69) is 11.6 Å². The molecule has 0 aliphatic heterocycles. The van der Waals surface area contributed by atoms with E-state index in [1.165, 1.54) is 50.3 Å². The lowest BCUT2D eigenvalue weighted by atomic mass is 9.88. The minimum absolute atomic E-state index is 0.148. The Balaban J connectivity index is 1.92. The summed E-state index contributed by atoms with van der Waals surface area (Å²) in [6, 6.07) is 4.02. The van der Waals surface area contributed by atoms with E-state index < -0.39 is 11.6 Å². The summed E-state index contributed by atoms with van der Waals surface area (Å²) in [5, 5.41) is 3.24. The van der Waals surface area contributed by atoms with Crippen LogP contribution in [0.3, 0.4) is 0 Å². The summed E-state index contributed by atoms with van der Waals surface area (Å²) < 4.78 is 27.3. The number of nitrogens with one attached hydrogen (secondary N) is 1. The smallest absolute Gasteiger partial charge is 0.130 e. The highest BCUT2D eigenvalue weighted by atomic mass is 32.2. The molecule has 1 aromatic rings. The predicted molar refractivity (Wildman–Crippen MR) is 77.4 cm³/mol. The highest BCUT2D eigenvalue weighted by Crippen LogP contribution is 2.38. The number of rotatable bonds is 5. The average Bonchev–Trinajstić information content (AvgIpc) is 2.43. The van der Waals surface area contributed by atoms with Gasteiger partial charge in [-0.15, -0.1) is 0 Å². The van der Waals surface area contributed by atoms with E-state index in [1.807, 2.05) is 11.8 Å². The van der Waals surface area contributed by atoms with E-state index in [-0.39, 0.29) is 16.9 Å². The first kappa shape index (κ1) is 14.8. The maximum Gasteiger partial charge on any atom is 0.130 e. The van der Waals surface area contributed by atoms with E-state index in [0.717, 1.165) is 6.54 Å². The van der Waals surface area contributed by atoms with Crippen molar-refractivity contribution in [2.75, 3.05) is 12.8 Å². The normalized spacial score (nSPS) is 18.5. The highest BCUT2D eigenvalue weighted by Gasteiger charge is 2.30. The quantitative estimate of drug-likeness (QED) is 0.873. The van der Waals surface area contributed by atoms with Crippen molar-refractivity contribution in [1.82, 2.24) is 5.32 Å². The van der Waals surface area contributed by atoms with Gasteiger partial charge in [0.25, 0.3) is 0 Å². The van der Waals surface area contributed by atoms with Crippen molar-refractivity contribution in [2.45, 2.75) is 43.4 Å². The van der Waals surface area contributed by atoms with E-state index in [4.69, 9.17) is 0 Å². The lowest BCUT2D eigenvalue weighted by Gasteiger charge is -2.36. The van der Waals surface area contributed by atoms with E-state index in [9.17, 15) is 8.78 Å². The predicted octanol–water partition coefficient (Wildman–Crippen LogP) is 4.12. The molecule has 19 heavy (non-hydrogen) atoms. The SMILES string of the molecule is CSC1(CNCc2c(F)cccc2F)CCCCC1. The Morgan fingerprint density at radius 1 is 1.16 bits per heavy atom. The first-order chi connectivity index (χ1) is 9.17. The number of halogens is 2. The van der Waals surface area contributed by atoms with Crippen LogP contribution in [0, 0.1) is 11.6 Å². The molecule has 106 valence electrons. The number of hydrogen-bond acceptors (Lipinski definition) is 2. The fourth-order valence-corrected chi connectivity index (χ4v) is 3.71. The van der Waals surface area contributed by atoms with Crippen LogP contribution in [0.1, 0.15) is 37.7 Å². The third-order valence-corrected chi connectivity index (χ3v) is 5.43. The van der Waals surface area contributed by atoms with Gasteiger partial charge in [0, 0.05) is 23.4 Å². The van der Waals surface area contributed by atoms with Crippen molar-refractivity contribution in [3.8, 4) is 0 Å². The van der Waals surface area contributed by atoms with Crippen LogP contribution < -0.4 is 5.32 Å². The van der Waals surface area contributed by atoms with Crippen molar-refractivity contribution >= 4 is 11.8 Å². The molecule has 0 atom stereocenters. The summed E-state index contributed by atoms with van der Waals surface area (Å²) in [6.45, 7) is 1.09. The van der Waals surface area contributed by atoms with Gasteiger partial charge >= 0.3 is 0 Å². The van der Waals surface area contributed by atoms with Crippen molar-refractivity contribution < 1.29 is 8.78 Å². The molecule has 0 unspecified atom stereocenters. The van der Waals surface area contributed by atoms with Crippen molar-refractivity contribution in [1.29, 1.82) is 0 Å². The third-order valence-electron chi connectivity index (χ3n) is 4.01. The topological polar surface area (TPSA) is 12.0 Å². The summed E-state index contributed by atoms with van der Waals surface area (Å²) >= 11 is 1.89. The van der Waals surface area contributed by atoms with Gasteiger partial charge in [-0.25, -0.2) is 8.78 Å². The van der Waals surface area contributed by atoms with Gasteiger partial charge in [-0.05, 0) is 31.2 Å². The van der Waals surface area contributed by atoms with Gasteiger partial charge in [-0.2, -0.15) is 11.8 Å². The number of thioether (sulfide) groups is 1. The Hall–Kier alpha value is -0.610. The molecule has 1 nitrogen and oxygen atoms in total. The number of hydrogen-bond donors (Lipinski definition) is 1. The fraction of sp³-hybridized carbons (Fsp3) is 0.600. The minimum Gasteiger partial charge on any atom is -0.311 e. The summed E-state index contributed by atoms with van der Waals surface area (Å²) in [4.78, 5) is 0. The van der Waals surface area contributed by atoms with Gasteiger partial charge < -0.3 is 5.32 Å². The van der Waals surface area contributed by atoms with Crippen molar-refractivity contribution in [2.24, 2.45) is 0 Å². The van der Waals surface area contributed by atoms with Crippen LogP contribution in [0.15, 0.2) is 18.2 Å². The van der Waals surface area contributed by atoms with Gasteiger partial charge in [-0.1, -0.05) is 25.3 Å². The standard InChI is InChI=1S/C15H21F2NS/c1-19-15(8-3-2-4-9-15)11-18-10-12-13(16)6-5-7-14(12)17/h5-7,18H,2-4,8-11H2,1H3. The monoisotopic (exact) mass is 285 g/mol. The molecule has 4 heteroatoms. The van der Waals surface area contributed by atoms with Gasteiger partial charge in [-0.3, -0.25) is 0 Å². The van der Waals surface area contributed by atoms with Crippen LogP contribution in [0.25, 0.3) is 0 Å². The van der Waals surface area contributed by atoms with Gasteiger partial charge in [0.1, 0.15) is 11.6 Å². The van der Waals surface area contributed by atoms with Gasteiger partial charge in [0.15, 0.2) is 0 Å². The van der Waals surface area contributed by atoms with Crippen molar-refractivity contribution in [3.63, 3.8) is 0 Å². The molecule has 0 spiro atoms. The summed E-state index contributed by atoms with van der Waals surface area (Å²) in [6.07, 6.45) is 8.36. The van der Waals surface area contributed by atoms with E-state index in [0.29, 0.717) is 0 Å². The molecule has 1 aliphatic rings. The van der Waals surface area contributed by atoms with Crippen LogP contribution in [0.5, 0.6) is 0 Å². The molecule has 1 saturated carbocycles. The third kappa shape index (κ3) is 3.69. The maximum absolute atomic E-state index is 13.5. The molecule has 1 aromatic carbocycles.